The summed E-state index contributed by atoms with van der Waals surface area (Å²) in [5.74, 6) is 1.41. The predicted molar refractivity (Wildman–Crippen MR) is 97.0 cm³/mol. The van der Waals surface area contributed by atoms with Crippen molar-refractivity contribution < 1.29 is 28.6 Å². The van der Waals surface area contributed by atoms with Gasteiger partial charge in [-0.05, 0) is 30.3 Å². The quantitative estimate of drug-likeness (QED) is 0.414. The van der Waals surface area contributed by atoms with Gasteiger partial charge in [0.05, 0.1) is 0 Å². The molecule has 2 aromatic rings. The third-order valence-electron chi connectivity index (χ3n) is 3.83. The Kier molecular flexibility index (Phi) is 6.65. The van der Waals surface area contributed by atoms with Crippen LogP contribution >= 0.6 is 0 Å². The number of hydrogen-bond acceptors (Lipinski definition) is 6. The van der Waals surface area contributed by atoms with Crippen LogP contribution < -0.4 is 19.7 Å². The van der Waals surface area contributed by atoms with Crippen molar-refractivity contribution in [1.82, 2.24) is 5.48 Å². The maximum absolute atomic E-state index is 12.2. The van der Waals surface area contributed by atoms with E-state index in [0.29, 0.717) is 36.9 Å². The molecule has 0 unspecified atom stereocenters. The molecule has 0 aromatic heterocycles. The molecule has 0 saturated carbocycles. The summed E-state index contributed by atoms with van der Waals surface area (Å²) in [6.07, 6.45) is 0.113. The second kappa shape index (κ2) is 9.59. The average Bonchev–Trinajstić information content (AvgIpc) is 2.72. The highest BCUT2D eigenvalue weighted by Crippen LogP contribution is 2.31. The number of ketones is 1. The molecule has 0 atom stereocenters. The zero-order valence-corrected chi connectivity index (χ0v) is 14.8. The largest absolute Gasteiger partial charge is 0.491 e. The molecule has 2 aromatic carbocycles. The van der Waals surface area contributed by atoms with E-state index in [1.54, 1.807) is 18.2 Å². The average molecular weight is 371 g/mol. The number of ether oxygens (including phenoxy) is 3. The molecular weight excluding hydrogens is 350 g/mol. The van der Waals surface area contributed by atoms with Gasteiger partial charge in [0.25, 0.3) is 0 Å². The molecule has 7 heteroatoms. The van der Waals surface area contributed by atoms with Gasteiger partial charge in [-0.1, -0.05) is 18.2 Å². The molecule has 142 valence electrons. The van der Waals surface area contributed by atoms with Gasteiger partial charge in [0.15, 0.2) is 17.3 Å². The van der Waals surface area contributed by atoms with Crippen LogP contribution in [0.5, 0.6) is 17.2 Å². The highest BCUT2D eigenvalue weighted by atomic mass is 16.7. The molecule has 0 saturated heterocycles. The van der Waals surface area contributed by atoms with Crippen LogP contribution in [-0.2, 0) is 9.63 Å². The Labute approximate surface area is 157 Å². The topological polar surface area (TPSA) is 83.1 Å². The Morgan fingerprint density at radius 3 is 2.52 bits per heavy atom. The molecule has 1 aliphatic heterocycles. The van der Waals surface area contributed by atoms with Crippen molar-refractivity contribution in [3.63, 3.8) is 0 Å². The molecule has 0 fully saturated rings. The second-order valence-electron chi connectivity index (χ2n) is 5.82. The molecule has 7 nitrogen and oxygen atoms in total. The van der Waals surface area contributed by atoms with E-state index in [4.69, 9.17) is 19.0 Å². The SMILES string of the molecule is O=C(CCC(=O)c1ccc2c(c1)OCCO2)NOCCOc1ccccc1. The van der Waals surface area contributed by atoms with Gasteiger partial charge >= 0.3 is 0 Å². The zero-order chi connectivity index (χ0) is 18.9. The minimum Gasteiger partial charge on any atom is -0.491 e. The van der Waals surface area contributed by atoms with Gasteiger partial charge in [0.2, 0.25) is 5.91 Å². The Balaban J connectivity index is 1.33. The molecule has 27 heavy (non-hydrogen) atoms. The van der Waals surface area contributed by atoms with Crippen LogP contribution in [0.25, 0.3) is 0 Å². The number of amides is 1. The Bertz CT molecular complexity index is 777. The Morgan fingerprint density at radius 1 is 0.926 bits per heavy atom. The molecule has 0 radical (unpaired) electrons. The highest BCUT2D eigenvalue weighted by Gasteiger charge is 2.15. The van der Waals surface area contributed by atoms with Crippen molar-refractivity contribution in [2.45, 2.75) is 12.8 Å². The first-order chi connectivity index (χ1) is 13.2. The van der Waals surface area contributed by atoms with E-state index in [1.807, 2.05) is 30.3 Å². The molecule has 1 heterocycles. The van der Waals surface area contributed by atoms with Crippen LogP contribution in [0, 0.1) is 0 Å². The summed E-state index contributed by atoms with van der Waals surface area (Å²) in [6.45, 7) is 1.46. The standard InChI is InChI=1S/C20H21NO6/c22-17(15-6-8-18-19(14-15)26-11-10-25-18)7-9-20(23)21-27-13-12-24-16-4-2-1-3-5-16/h1-6,8,14H,7,9-13H2,(H,21,23). The minimum atomic E-state index is -0.361. The molecule has 3 rings (SSSR count). The molecule has 1 amide bonds. The van der Waals surface area contributed by atoms with Gasteiger partial charge in [0, 0.05) is 18.4 Å². The van der Waals surface area contributed by atoms with Crippen LogP contribution in [0.4, 0.5) is 0 Å². The number of para-hydroxylation sites is 1. The van der Waals surface area contributed by atoms with Crippen LogP contribution in [0.15, 0.2) is 48.5 Å². The number of carbonyl (C=O) groups excluding carboxylic acids is 2. The number of nitrogens with one attached hydrogen (secondary N) is 1. The molecule has 0 spiro atoms. The first kappa shape index (κ1) is 18.7. The number of benzene rings is 2. The molecule has 0 aliphatic carbocycles. The summed E-state index contributed by atoms with van der Waals surface area (Å²) in [4.78, 5) is 29.1. The predicted octanol–water partition coefficient (Wildman–Crippen LogP) is 2.55. The number of fused-ring (bicyclic) bond motifs is 1. The summed E-state index contributed by atoms with van der Waals surface area (Å²) in [6, 6.07) is 14.3. The Morgan fingerprint density at radius 2 is 1.70 bits per heavy atom. The lowest BCUT2D eigenvalue weighted by Gasteiger charge is -2.18. The maximum Gasteiger partial charge on any atom is 0.243 e. The fourth-order valence-corrected chi connectivity index (χ4v) is 2.49. The van der Waals surface area contributed by atoms with Crippen LogP contribution in [0.3, 0.4) is 0 Å². The van der Waals surface area contributed by atoms with E-state index in [1.165, 1.54) is 0 Å². The van der Waals surface area contributed by atoms with Gasteiger partial charge < -0.3 is 14.2 Å². The van der Waals surface area contributed by atoms with Crippen molar-refractivity contribution in [2.24, 2.45) is 0 Å². The normalized spacial score (nSPS) is 12.3. The zero-order valence-electron chi connectivity index (χ0n) is 14.8. The van der Waals surface area contributed by atoms with Gasteiger partial charge in [-0.15, -0.1) is 0 Å². The molecule has 1 aliphatic rings. The summed E-state index contributed by atoms with van der Waals surface area (Å²) >= 11 is 0. The van der Waals surface area contributed by atoms with E-state index in [-0.39, 0.29) is 31.1 Å². The fraction of sp³-hybridized carbons (Fsp3) is 0.300. The van der Waals surface area contributed by atoms with Crippen molar-refractivity contribution >= 4 is 11.7 Å². The molecule has 0 bridgehead atoms. The lowest BCUT2D eigenvalue weighted by molar-refractivity contribution is -0.134. The fourth-order valence-electron chi connectivity index (χ4n) is 2.49. The lowest BCUT2D eigenvalue weighted by Crippen LogP contribution is -2.26. The summed E-state index contributed by atoms with van der Waals surface area (Å²) in [5.41, 5.74) is 2.80. The van der Waals surface area contributed by atoms with E-state index in [2.05, 4.69) is 5.48 Å². The van der Waals surface area contributed by atoms with Gasteiger partial charge in [-0.3, -0.25) is 14.4 Å². The minimum absolute atomic E-state index is 0.0345. The number of hydrogen-bond donors (Lipinski definition) is 1. The van der Waals surface area contributed by atoms with Crippen LogP contribution in [0.2, 0.25) is 0 Å². The van der Waals surface area contributed by atoms with Gasteiger partial charge in [0.1, 0.15) is 32.2 Å². The maximum atomic E-state index is 12.2. The summed E-state index contributed by atoms with van der Waals surface area (Å²) in [7, 11) is 0. The third kappa shape index (κ3) is 5.72. The molecule has 1 N–H and O–H groups in total. The van der Waals surface area contributed by atoms with Crippen molar-refractivity contribution in [3.8, 4) is 17.2 Å². The van der Waals surface area contributed by atoms with Crippen molar-refractivity contribution in [2.75, 3.05) is 26.4 Å². The summed E-state index contributed by atoms with van der Waals surface area (Å²) in [5, 5.41) is 0. The number of rotatable bonds is 9. The first-order valence-electron chi connectivity index (χ1n) is 8.74. The first-order valence-corrected chi connectivity index (χ1v) is 8.74. The Hall–Kier alpha value is -3.06. The monoisotopic (exact) mass is 371 g/mol. The van der Waals surface area contributed by atoms with Crippen molar-refractivity contribution in [3.05, 3.63) is 54.1 Å². The number of carbonyl (C=O) groups is 2. The van der Waals surface area contributed by atoms with E-state index in [9.17, 15) is 9.59 Å². The van der Waals surface area contributed by atoms with Crippen LogP contribution in [0.1, 0.15) is 23.2 Å². The van der Waals surface area contributed by atoms with Crippen LogP contribution in [-0.4, -0.2) is 38.1 Å². The van der Waals surface area contributed by atoms with Gasteiger partial charge in [-0.25, -0.2) is 5.48 Å². The third-order valence-corrected chi connectivity index (χ3v) is 3.83. The lowest BCUT2D eigenvalue weighted by atomic mass is 10.1. The van der Waals surface area contributed by atoms with E-state index in [0.717, 1.165) is 5.75 Å². The van der Waals surface area contributed by atoms with E-state index >= 15 is 0 Å². The smallest absolute Gasteiger partial charge is 0.243 e. The van der Waals surface area contributed by atoms with Gasteiger partial charge in [-0.2, -0.15) is 0 Å². The van der Waals surface area contributed by atoms with E-state index < -0.39 is 0 Å². The number of hydroxylamine groups is 1. The van der Waals surface area contributed by atoms with Crippen molar-refractivity contribution in [1.29, 1.82) is 0 Å². The number of Topliss-reactive ketones (excluding diaryl/α,β-unsaturated/α-hetero) is 1. The second-order valence-corrected chi connectivity index (χ2v) is 5.82. The highest BCUT2D eigenvalue weighted by molar-refractivity contribution is 5.98. The summed E-state index contributed by atoms with van der Waals surface area (Å²) < 4.78 is 16.3. The molecular formula is C20H21NO6.